The van der Waals surface area contributed by atoms with Crippen molar-refractivity contribution in [2.75, 3.05) is 25.0 Å². The lowest BCUT2D eigenvalue weighted by Gasteiger charge is -2.25. The summed E-state index contributed by atoms with van der Waals surface area (Å²) < 4.78 is 0. The molecule has 2 heterocycles. The van der Waals surface area contributed by atoms with Crippen LogP contribution in [0.15, 0.2) is 5.38 Å². The fraction of sp³-hybridized carbons (Fsp3) is 0.667. The average Bonchev–Trinajstić information content (AvgIpc) is 2.73. The van der Waals surface area contributed by atoms with Crippen LogP contribution in [0.3, 0.4) is 0 Å². The number of aliphatic hydroxyl groups is 1. The molecule has 1 saturated heterocycles. The molecule has 0 bridgehead atoms. The molecule has 5 heteroatoms. The van der Waals surface area contributed by atoms with Crippen LogP contribution in [0.2, 0.25) is 0 Å². The molecule has 1 aliphatic heterocycles. The third kappa shape index (κ3) is 1.75. The van der Waals surface area contributed by atoms with Crippen LogP contribution >= 0.6 is 11.3 Å². The number of hydrogen-bond donors (Lipinski definition) is 2. The van der Waals surface area contributed by atoms with Gasteiger partial charge in [0.1, 0.15) is 0 Å². The molecule has 1 fully saturated rings. The number of nitrogens with one attached hydrogen (secondary N) is 1. The summed E-state index contributed by atoms with van der Waals surface area (Å²) >= 11 is 1.62. The van der Waals surface area contributed by atoms with Crippen molar-refractivity contribution < 1.29 is 5.11 Å². The molecule has 2 rings (SSSR count). The summed E-state index contributed by atoms with van der Waals surface area (Å²) in [5.41, 5.74) is 1.04. The van der Waals surface area contributed by atoms with E-state index in [1.807, 2.05) is 19.4 Å². The maximum absolute atomic E-state index is 9.70. The molecule has 14 heavy (non-hydrogen) atoms. The maximum Gasteiger partial charge on any atom is 0.185 e. The van der Waals surface area contributed by atoms with Crippen LogP contribution in [0.1, 0.15) is 5.69 Å². The van der Waals surface area contributed by atoms with Crippen LogP contribution in [0.4, 0.5) is 5.13 Å². The van der Waals surface area contributed by atoms with Crippen molar-refractivity contribution in [2.24, 2.45) is 0 Å². The minimum atomic E-state index is -0.288. The lowest BCUT2D eigenvalue weighted by Crippen LogP contribution is -2.40. The number of aryl methyl sites for hydroxylation is 1. The molecule has 2 atom stereocenters. The minimum Gasteiger partial charge on any atom is -0.390 e. The van der Waals surface area contributed by atoms with Crippen LogP contribution in [0.5, 0.6) is 0 Å². The smallest absolute Gasteiger partial charge is 0.185 e. The highest BCUT2D eigenvalue weighted by atomic mass is 32.1. The van der Waals surface area contributed by atoms with E-state index in [9.17, 15) is 5.11 Å². The molecule has 1 aromatic rings. The van der Waals surface area contributed by atoms with Crippen LogP contribution in [-0.4, -0.2) is 42.4 Å². The Kier molecular flexibility index (Phi) is 2.71. The monoisotopic (exact) mass is 213 g/mol. The zero-order chi connectivity index (χ0) is 10.1. The largest absolute Gasteiger partial charge is 0.390 e. The molecule has 4 nitrogen and oxygen atoms in total. The third-order valence-corrected chi connectivity index (χ3v) is 3.61. The van der Waals surface area contributed by atoms with Crippen molar-refractivity contribution in [3.05, 3.63) is 11.1 Å². The number of nitrogens with zero attached hydrogens (tertiary/aromatic N) is 2. The van der Waals surface area contributed by atoms with E-state index in [1.54, 1.807) is 11.3 Å². The van der Waals surface area contributed by atoms with E-state index in [-0.39, 0.29) is 12.1 Å². The average molecular weight is 213 g/mol. The van der Waals surface area contributed by atoms with Gasteiger partial charge in [0.15, 0.2) is 5.13 Å². The highest BCUT2D eigenvalue weighted by Crippen LogP contribution is 2.22. The predicted molar refractivity (Wildman–Crippen MR) is 57.9 cm³/mol. The molecule has 0 saturated carbocycles. The first-order valence-electron chi connectivity index (χ1n) is 4.72. The van der Waals surface area contributed by atoms with E-state index in [0.717, 1.165) is 17.4 Å². The van der Waals surface area contributed by atoms with Gasteiger partial charge in [0.05, 0.1) is 17.8 Å². The first-order valence-corrected chi connectivity index (χ1v) is 5.60. The lowest BCUT2D eigenvalue weighted by molar-refractivity contribution is 0.176. The summed E-state index contributed by atoms with van der Waals surface area (Å²) in [7, 11) is 1.99. The fourth-order valence-corrected chi connectivity index (χ4v) is 2.52. The molecule has 0 aliphatic carbocycles. The number of aromatic nitrogens is 1. The summed E-state index contributed by atoms with van der Waals surface area (Å²) in [5.74, 6) is 0. The van der Waals surface area contributed by atoms with Crippen molar-refractivity contribution in [1.29, 1.82) is 0 Å². The van der Waals surface area contributed by atoms with Gasteiger partial charge in [0.2, 0.25) is 0 Å². The number of thiazole rings is 1. The van der Waals surface area contributed by atoms with E-state index in [1.165, 1.54) is 0 Å². The van der Waals surface area contributed by atoms with Crippen molar-refractivity contribution >= 4 is 16.5 Å². The second-order valence-corrected chi connectivity index (χ2v) is 4.51. The molecule has 2 N–H and O–H groups in total. The maximum atomic E-state index is 9.70. The van der Waals surface area contributed by atoms with Gasteiger partial charge in [-0.2, -0.15) is 0 Å². The van der Waals surface area contributed by atoms with E-state index in [4.69, 9.17) is 0 Å². The van der Waals surface area contributed by atoms with Gasteiger partial charge < -0.3 is 15.3 Å². The van der Waals surface area contributed by atoms with Gasteiger partial charge in [-0.15, -0.1) is 11.3 Å². The summed E-state index contributed by atoms with van der Waals surface area (Å²) in [6.45, 7) is 3.49. The lowest BCUT2D eigenvalue weighted by atomic mass is 10.2. The molecule has 0 aromatic carbocycles. The van der Waals surface area contributed by atoms with Crippen LogP contribution in [-0.2, 0) is 0 Å². The number of hydrogen-bond acceptors (Lipinski definition) is 5. The molecular formula is C9H15N3OS. The standard InChI is InChI=1S/C9H15N3OS/c1-6-5-14-9(11-6)12(2)7-3-10-4-8(7)13/h5,7-8,10,13H,3-4H2,1-2H3/t7-,8-/m1/s1. The summed E-state index contributed by atoms with van der Waals surface area (Å²) in [6, 6.07) is 0.153. The van der Waals surface area contributed by atoms with Crippen LogP contribution in [0.25, 0.3) is 0 Å². The number of rotatable bonds is 2. The number of β-amino-alcohol motifs (C(OH)–C–C–N with tert-alkyl or cyclic N) is 1. The zero-order valence-corrected chi connectivity index (χ0v) is 9.21. The van der Waals surface area contributed by atoms with Gasteiger partial charge >= 0.3 is 0 Å². The van der Waals surface area contributed by atoms with E-state index in [2.05, 4.69) is 15.2 Å². The Hall–Kier alpha value is -0.650. The first-order chi connectivity index (χ1) is 6.68. The van der Waals surface area contributed by atoms with Gasteiger partial charge in [0, 0.05) is 25.5 Å². The quantitative estimate of drug-likeness (QED) is 0.738. The Morgan fingerprint density at radius 2 is 2.43 bits per heavy atom. The second-order valence-electron chi connectivity index (χ2n) is 3.68. The zero-order valence-electron chi connectivity index (χ0n) is 8.40. The van der Waals surface area contributed by atoms with Gasteiger partial charge in [0.25, 0.3) is 0 Å². The minimum absolute atomic E-state index is 0.153. The van der Waals surface area contributed by atoms with E-state index in [0.29, 0.717) is 6.54 Å². The topological polar surface area (TPSA) is 48.4 Å². The Morgan fingerprint density at radius 3 is 2.93 bits per heavy atom. The van der Waals surface area contributed by atoms with E-state index < -0.39 is 0 Å². The fourth-order valence-electron chi connectivity index (χ4n) is 1.69. The molecule has 0 unspecified atom stereocenters. The molecular weight excluding hydrogens is 198 g/mol. The SMILES string of the molecule is Cc1csc(N(C)[C@@H]2CNC[C@H]2O)n1. The van der Waals surface area contributed by atoms with Crippen molar-refractivity contribution in [2.45, 2.75) is 19.1 Å². The highest BCUT2D eigenvalue weighted by Gasteiger charge is 2.29. The predicted octanol–water partition coefficient (Wildman–Crippen LogP) is 0.220. The Morgan fingerprint density at radius 1 is 1.64 bits per heavy atom. The number of likely N-dealkylation sites (N-methyl/N-ethyl adjacent to an activating group) is 1. The van der Waals surface area contributed by atoms with Crippen LogP contribution in [0, 0.1) is 6.92 Å². The Labute approximate surface area is 87.6 Å². The summed E-state index contributed by atoms with van der Waals surface area (Å²) in [4.78, 5) is 6.45. The molecule has 78 valence electrons. The number of anilines is 1. The molecule has 1 aromatic heterocycles. The summed E-state index contributed by atoms with van der Waals surface area (Å²) in [5, 5.41) is 15.9. The van der Waals surface area contributed by atoms with Gasteiger partial charge in [-0.1, -0.05) is 0 Å². The summed E-state index contributed by atoms with van der Waals surface area (Å²) in [6.07, 6.45) is -0.288. The van der Waals surface area contributed by atoms with Gasteiger partial charge in [-0.25, -0.2) is 4.98 Å². The van der Waals surface area contributed by atoms with E-state index >= 15 is 0 Å². The highest BCUT2D eigenvalue weighted by molar-refractivity contribution is 7.13. The molecule has 0 spiro atoms. The third-order valence-electron chi connectivity index (χ3n) is 2.56. The first kappa shape index (κ1) is 9.89. The second kappa shape index (κ2) is 3.84. The molecule has 1 aliphatic rings. The Bertz CT molecular complexity index is 315. The molecule has 0 radical (unpaired) electrons. The number of aliphatic hydroxyl groups excluding tert-OH is 1. The van der Waals surface area contributed by atoms with Crippen molar-refractivity contribution in [3.8, 4) is 0 Å². The molecule has 0 amide bonds. The van der Waals surface area contributed by atoms with Crippen molar-refractivity contribution in [3.63, 3.8) is 0 Å². The van der Waals surface area contributed by atoms with Gasteiger partial charge in [-0.3, -0.25) is 0 Å². The van der Waals surface area contributed by atoms with Gasteiger partial charge in [-0.05, 0) is 6.92 Å². The normalized spacial score (nSPS) is 26.8. The van der Waals surface area contributed by atoms with Crippen LogP contribution < -0.4 is 10.2 Å². The Balaban J connectivity index is 2.11. The van der Waals surface area contributed by atoms with Crippen molar-refractivity contribution in [1.82, 2.24) is 10.3 Å².